The van der Waals surface area contributed by atoms with E-state index < -0.39 is 0 Å². The van der Waals surface area contributed by atoms with Crippen molar-refractivity contribution in [2.75, 3.05) is 0 Å². The molecule has 0 N–H and O–H groups in total. The van der Waals surface area contributed by atoms with Gasteiger partial charge in [-0.2, -0.15) is 0 Å². The van der Waals surface area contributed by atoms with Crippen LogP contribution in [0, 0.1) is 0 Å². The zero-order valence-electron chi connectivity index (χ0n) is 20.3. The zero-order valence-corrected chi connectivity index (χ0v) is 21.9. The van der Waals surface area contributed by atoms with Gasteiger partial charge in [0, 0.05) is 0 Å². The van der Waals surface area contributed by atoms with E-state index in [1.807, 2.05) is 11.0 Å². The molecule has 0 aliphatic carbocycles. The van der Waals surface area contributed by atoms with Gasteiger partial charge in [0.25, 0.3) is 0 Å². The molecule has 0 radical (unpaired) electrons. The van der Waals surface area contributed by atoms with Gasteiger partial charge in [0.05, 0.1) is 31.5 Å². The number of benzene rings is 6. The Kier molecular flexibility index (Phi) is 4.90. The molecule has 0 atom stereocenters. The molecule has 0 spiro atoms. The molecular formula is C34H20N2S2. The minimum atomic E-state index is 1.05. The smallest absolute Gasteiger partial charge is 0.0812 e. The van der Waals surface area contributed by atoms with Gasteiger partial charge in [0.15, 0.2) is 0 Å². The Bertz CT molecular complexity index is 2060. The normalized spacial score (nSPS) is 11.7. The first kappa shape index (κ1) is 21.7. The van der Waals surface area contributed by atoms with Gasteiger partial charge in [-0.3, -0.25) is 0 Å². The molecule has 2 aromatic heterocycles. The summed E-state index contributed by atoms with van der Waals surface area (Å²) in [6.45, 7) is 0. The number of nitrogens with zero attached hydrogens (tertiary/aromatic N) is 2. The maximum atomic E-state index is 4.47. The number of hydrogen-bond donors (Lipinski definition) is 0. The number of aromatic nitrogens is 2. The van der Waals surface area contributed by atoms with Gasteiger partial charge < -0.3 is 0 Å². The van der Waals surface area contributed by atoms with E-state index in [0.29, 0.717) is 0 Å². The fourth-order valence-corrected chi connectivity index (χ4v) is 6.82. The Hall–Kier alpha value is -4.38. The Morgan fingerprint density at radius 3 is 1.58 bits per heavy atom. The minimum Gasteiger partial charge on any atom is -0.245 e. The third-order valence-electron chi connectivity index (χ3n) is 7.34. The van der Waals surface area contributed by atoms with Gasteiger partial charge in [-0.1, -0.05) is 60.7 Å². The number of hydrogen-bond acceptors (Lipinski definition) is 4. The minimum absolute atomic E-state index is 1.05. The molecule has 6 aromatic carbocycles. The first-order valence-electron chi connectivity index (χ1n) is 12.5. The van der Waals surface area contributed by atoms with E-state index >= 15 is 0 Å². The van der Waals surface area contributed by atoms with Crippen LogP contribution in [0.3, 0.4) is 0 Å². The van der Waals surface area contributed by atoms with E-state index in [1.165, 1.54) is 64.3 Å². The lowest BCUT2D eigenvalue weighted by Crippen LogP contribution is -1.87. The van der Waals surface area contributed by atoms with Crippen LogP contribution >= 0.6 is 22.7 Å². The lowest BCUT2D eigenvalue weighted by Gasteiger charge is -2.13. The van der Waals surface area contributed by atoms with Gasteiger partial charge in [-0.05, 0) is 103 Å². The summed E-state index contributed by atoms with van der Waals surface area (Å²) in [4.78, 5) is 8.94. The van der Waals surface area contributed by atoms with E-state index in [0.717, 1.165) is 11.0 Å². The predicted molar refractivity (Wildman–Crippen MR) is 164 cm³/mol. The topological polar surface area (TPSA) is 25.8 Å². The highest BCUT2D eigenvalue weighted by atomic mass is 32.1. The van der Waals surface area contributed by atoms with Crippen molar-refractivity contribution in [3.05, 3.63) is 120 Å². The Morgan fingerprint density at radius 2 is 0.921 bits per heavy atom. The van der Waals surface area contributed by atoms with E-state index in [-0.39, 0.29) is 0 Å². The molecule has 0 bridgehead atoms. The molecule has 0 amide bonds. The van der Waals surface area contributed by atoms with Crippen LogP contribution in [0.4, 0.5) is 0 Å². The van der Waals surface area contributed by atoms with Crippen molar-refractivity contribution in [3.8, 4) is 33.4 Å². The molecule has 0 aliphatic heterocycles. The average Bonchev–Trinajstić information content (AvgIpc) is 3.65. The van der Waals surface area contributed by atoms with Crippen LogP contribution in [0.1, 0.15) is 0 Å². The third-order valence-corrected chi connectivity index (χ3v) is 8.92. The summed E-state index contributed by atoms with van der Waals surface area (Å²) in [6.07, 6.45) is 0. The summed E-state index contributed by atoms with van der Waals surface area (Å²) in [5.41, 5.74) is 13.2. The van der Waals surface area contributed by atoms with Gasteiger partial charge in [-0.15, -0.1) is 22.7 Å². The number of fused-ring (bicyclic) bond motifs is 5. The summed E-state index contributed by atoms with van der Waals surface area (Å²) in [5.74, 6) is 0. The second-order valence-corrected chi connectivity index (χ2v) is 11.4. The van der Waals surface area contributed by atoms with Gasteiger partial charge in [-0.25, -0.2) is 9.97 Å². The monoisotopic (exact) mass is 520 g/mol. The molecular weight excluding hydrogens is 501 g/mol. The maximum Gasteiger partial charge on any atom is 0.0812 e. The highest BCUT2D eigenvalue weighted by Crippen LogP contribution is 2.37. The van der Waals surface area contributed by atoms with Crippen molar-refractivity contribution < 1.29 is 0 Å². The molecule has 178 valence electrons. The fourth-order valence-electron chi connectivity index (χ4n) is 5.39. The molecule has 4 heteroatoms. The second-order valence-electron chi connectivity index (χ2n) is 9.59. The Morgan fingerprint density at radius 1 is 0.395 bits per heavy atom. The molecule has 0 fully saturated rings. The van der Waals surface area contributed by atoms with Crippen LogP contribution in [0.2, 0.25) is 0 Å². The molecule has 0 aliphatic rings. The van der Waals surface area contributed by atoms with E-state index in [2.05, 4.69) is 119 Å². The van der Waals surface area contributed by atoms with Crippen LogP contribution in [-0.4, -0.2) is 9.97 Å². The van der Waals surface area contributed by atoms with Crippen molar-refractivity contribution in [1.82, 2.24) is 9.97 Å². The molecule has 2 nitrogen and oxygen atoms in total. The molecule has 8 aromatic rings. The Labute approximate surface area is 227 Å². The molecule has 0 unspecified atom stereocenters. The first-order valence-corrected chi connectivity index (χ1v) is 14.3. The maximum absolute atomic E-state index is 4.47. The standard InChI is InChI=1S/C34H20N2S2/c1-2-4-29-21(3-1)5-6-25-13-22(7-10-30(25)29)26-14-27(23-8-11-31-33(17-23)37-19-35-31)16-28(15-26)24-9-12-32-34(18-24)38-20-36-32/h1-20H. The van der Waals surface area contributed by atoms with E-state index in [9.17, 15) is 0 Å². The summed E-state index contributed by atoms with van der Waals surface area (Å²) in [6, 6.07) is 40.0. The summed E-state index contributed by atoms with van der Waals surface area (Å²) in [7, 11) is 0. The average molecular weight is 521 g/mol. The number of thiazole rings is 2. The summed E-state index contributed by atoms with van der Waals surface area (Å²) >= 11 is 3.37. The lowest BCUT2D eigenvalue weighted by molar-refractivity contribution is 1.50. The SMILES string of the molecule is c1ccc2c(c1)ccc1cc(-c3cc(-c4ccc5ncsc5c4)cc(-c4ccc5ncsc5c4)c3)ccc12. The largest absolute Gasteiger partial charge is 0.245 e. The highest BCUT2D eigenvalue weighted by molar-refractivity contribution is 7.17. The third kappa shape index (κ3) is 3.61. The lowest BCUT2D eigenvalue weighted by atomic mass is 9.92. The number of rotatable bonds is 3. The first-order chi connectivity index (χ1) is 18.8. The van der Waals surface area contributed by atoms with Crippen molar-refractivity contribution in [2.24, 2.45) is 0 Å². The van der Waals surface area contributed by atoms with Gasteiger partial charge >= 0.3 is 0 Å². The molecule has 0 saturated heterocycles. The van der Waals surface area contributed by atoms with Crippen LogP contribution in [0.15, 0.2) is 120 Å². The quantitative estimate of drug-likeness (QED) is 0.217. The van der Waals surface area contributed by atoms with Crippen LogP contribution in [0.5, 0.6) is 0 Å². The van der Waals surface area contributed by atoms with Crippen molar-refractivity contribution >= 4 is 64.7 Å². The van der Waals surface area contributed by atoms with Crippen LogP contribution in [-0.2, 0) is 0 Å². The van der Waals surface area contributed by atoms with Gasteiger partial charge in [0.1, 0.15) is 0 Å². The van der Waals surface area contributed by atoms with Crippen LogP contribution < -0.4 is 0 Å². The molecule has 8 rings (SSSR count). The Balaban J connectivity index is 1.34. The molecule has 38 heavy (non-hydrogen) atoms. The van der Waals surface area contributed by atoms with Crippen molar-refractivity contribution in [2.45, 2.75) is 0 Å². The molecule has 0 saturated carbocycles. The summed E-state index contributed by atoms with van der Waals surface area (Å²) < 4.78 is 2.41. The van der Waals surface area contributed by atoms with Crippen molar-refractivity contribution in [1.29, 1.82) is 0 Å². The predicted octanol–water partition coefficient (Wildman–Crippen LogP) is 10.2. The van der Waals surface area contributed by atoms with Gasteiger partial charge in [0.2, 0.25) is 0 Å². The van der Waals surface area contributed by atoms with E-state index in [4.69, 9.17) is 0 Å². The fraction of sp³-hybridized carbons (Fsp3) is 0. The van der Waals surface area contributed by atoms with Crippen LogP contribution in [0.25, 0.3) is 75.4 Å². The second kappa shape index (κ2) is 8.59. The summed E-state index contributed by atoms with van der Waals surface area (Å²) in [5, 5.41) is 5.11. The molecule has 2 heterocycles. The van der Waals surface area contributed by atoms with Crippen molar-refractivity contribution in [3.63, 3.8) is 0 Å². The zero-order chi connectivity index (χ0) is 25.1. The highest BCUT2D eigenvalue weighted by Gasteiger charge is 2.11. The van der Waals surface area contributed by atoms with E-state index in [1.54, 1.807) is 22.7 Å².